The predicted molar refractivity (Wildman–Crippen MR) is 124 cm³/mol. The normalized spacial score (nSPS) is 14.5. The molecular weight excluding hydrogens is 433 g/mol. The number of rotatable bonds is 6. The Morgan fingerprint density at radius 2 is 1.97 bits per heavy atom. The lowest BCUT2D eigenvalue weighted by Crippen LogP contribution is -2.34. The molecule has 3 heterocycles. The van der Waals surface area contributed by atoms with Gasteiger partial charge in [-0.05, 0) is 62.4 Å². The summed E-state index contributed by atoms with van der Waals surface area (Å²) in [6, 6.07) is 8.58. The summed E-state index contributed by atoms with van der Waals surface area (Å²) in [5.41, 5.74) is 1.40. The Kier molecular flexibility index (Phi) is 8.19. The number of H-pyrrole nitrogens is 1. The van der Waals surface area contributed by atoms with Crippen molar-refractivity contribution < 1.29 is 22.7 Å². The molecule has 0 unspecified atom stereocenters. The van der Waals surface area contributed by atoms with Crippen LogP contribution < -0.4 is 15.0 Å². The third kappa shape index (κ3) is 6.40. The largest absolute Gasteiger partial charge is 0.494 e. The highest BCUT2D eigenvalue weighted by Crippen LogP contribution is 2.31. The molecule has 1 aliphatic heterocycles. The van der Waals surface area contributed by atoms with E-state index in [4.69, 9.17) is 9.53 Å². The highest BCUT2D eigenvalue weighted by molar-refractivity contribution is 5.93. The van der Waals surface area contributed by atoms with Crippen LogP contribution >= 0.6 is 0 Å². The third-order valence-electron chi connectivity index (χ3n) is 5.73. The first kappa shape index (κ1) is 24.4. The highest BCUT2D eigenvalue weighted by Gasteiger charge is 2.31. The van der Waals surface area contributed by atoms with Crippen LogP contribution in [0.1, 0.15) is 31.7 Å². The van der Waals surface area contributed by atoms with Crippen LogP contribution in [0.3, 0.4) is 0 Å². The van der Waals surface area contributed by atoms with Gasteiger partial charge in [-0.3, -0.25) is 0 Å². The molecule has 0 atom stereocenters. The molecule has 4 rings (SSSR count). The summed E-state index contributed by atoms with van der Waals surface area (Å²) in [6.45, 7) is 3.68. The van der Waals surface area contributed by atoms with Gasteiger partial charge >= 0.3 is 6.18 Å². The first-order valence-electron chi connectivity index (χ1n) is 11.0. The maximum absolute atomic E-state index is 12.7. The number of anilines is 2. The van der Waals surface area contributed by atoms with Gasteiger partial charge in [-0.15, -0.1) is 0 Å². The average Bonchev–Trinajstić information content (AvgIpc) is 3.22. The smallest absolute Gasteiger partial charge is 0.417 e. The van der Waals surface area contributed by atoms with Crippen LogP contribution in [0.5, 0.6) is 5.75 Å². The zero-order valence-electron chi connectivity index (χ0n) is 18.8. The predicted octanol–water partition coefficient (Wildman–Crippen LogP) is 5.51. The van der Waals surface area contributed by atoms with E-state index >= 15 is 0 Å². The number of nitrogens with one attached hydrogen (secondary N) is 2. The van der Waals surface area contributed by atoms with Crippen LogP contribution in [0.15, 0.2) is 42.7 Å². The Bertz CT molecular complexity index is 1030. The lowest BCUT2D eigenvalue weighted by Gasteiger charge is -2.32. The molecule has 6 nitrogen and oxygen atoms in total. The number of pyridine rings is 1. The number of carbonyl (C=O) groups excluding carboxylic acids is 1. The Hall–Kier alpha value is -3.23. The van der Waals surface area contributed by atoms with Gasteiger partial charge in [0.15, 0.2) is 0 Å². The van der Waals surface area contributed by atoms with Crippen molar-refractivity contribution in [3.63, 3.8) is 0 Å². The molecule has 1 aliphatic rings. The van der Waals surface area contributed by atoms with Crippen molar-refractivity contribution in [1.29, 1.82) is 0 Å². The zero-order valence-corrected chi connectivity index (χ0v) is 18.8. The number of alkyl halides is 3. The molecule has 1 aromatic carbocycles. The van der Waals surface area contributed by atoms with E-state index in [1.807, 2.05) is 31.4 Å². The highest BCUT2D eigenvalue weighted by atomic mass is 19.4. The second kappa shape index (κ2) is 11.1. The second-order valence-electron chi connectivity index (χ2n) is 7.87. The van der Waals surface area contributed by atoms with Crippen molar-refractivity contribution in [1.82, 2.24) is 9.97 Å². The summed E-state index contributed by atoms with van der Waals surface area (Å²) in [4.78, 5) is 18.1. The number of fused-ring (bicyclic) bond motifs is 1. The van der Waals surface area contributed by atoms with Gasteiger partial charge in [-0.25, -0.2) is 4.98 Å². The lowest BCUT2D eigenvalue weighted by atomic mass is 9.94. The minimum absolute atomic E-state index is 0.541. The minimum atomic E-state index is -4.35. The summed E-state index contributed by atoms with van der Waals surface area (Å²) in [5, 5.41) is 4.26. The van der Waals surface area contributed by atoms with Crippen LogP contribution in [-0.2, 0) is 11.0 Å². The van der Waals surface area contributed by atoms with Crippen LogP contribution in [0.2, 0.25) is 0 Å². The van der Waals surface area contributed by atoms with E-state index in [0.29, 0.717) is 18.3 Å². The number of nitrogens with zero attached hydrogens (tertiary/aromatic N) is 2. The maximum Gasteiger partial charge on any atom is 0.417 e. The van der Waals surface area contributed by atoms with E-state index in [-0.39, 0.29) is 0 Å². The molecule has 0 saturated carbocycles. The number of aromatic amines is 1. The first-order valence-corrected chi connectivity index (χ1v) is 11.0. The van der Waals surface area contributed by atoms with Crippen LogP contribution in [0.4, 0.5) is 24.7 Å². The van der Waals surface area contributed by atoms with E-state index in [1.165, 1.54) is 13.0 Å². The molecule has 9 heteroatoms. The topological polar surface area (TPSA) is 70.2 Å². The van der Waals surface area contributed by atoms with Crippen molar-refractivity contribution in [3.05, 3.63) is 48.3 Å². The number of aromatic nitrogens is 2. The molecule has 3 aromatic rings. The van der Waals surface area contributed by atoms with Gasteiger partial charge in [0.2, 0.25) is 0 Å². The molecule has 0 spiro atoms. The van der Waals surface area contributed by atoms with E-state index in [2.05, 4.69) is 20.2 Å². The van der Waals surface area contributed by atoms with Gasteiger partial charge in [0.05, 0.1) is 17.9 Å². The molecule has 1 fully saturated rings. The summed E-state index contributed by atoms with van der Waals surface area (Å²) in [6.07, 6.45) is 2.17. The molecule has 2 N–H and O–H groups in total. The van der Waals surface area contributed by atoms with E-state index < -0.39 is 11.7 Å². The van der Waals surface area contributed by atoms with E-state index in [1.54, 1.807) is 0 Å². The molecule has 33 heavy (non-hydrogen) atoms. The van der Waals surface area contributed by atoms with Crippen molar-refractivity contribution >= 4 is 28.7 Å². The van der Waals surface area contributed by atoms with Gasteiger partial charge in [-0.1, -0.05) is 0 Å². The molecule has 1 saturated heterocycles. The number of benzene rings is 1. The fourth-order valence-corrected chi connectivity index (χ4v) is 3.93. The summed E-state index contributed by atoms with van der Waals surface area (Å²) in [5.74, 6) is 2.00. The SMILES string of the molecule is CC=O.CNc1c[nH]c2ccc(OCCC3CCN(c4ccc(C(F)(F)F)cn4)CC3)cc12. The lowest BCUT2D eigenvalue weighted by molar-refractivity contribution is -0.137. The monoisotopic (exact) mass is 462 g/mol. The number of hydrogen-bond acceptors (Lipinski definition) is 5. The fourth-order valence-electron chi connectivity index (χ4n) is 3.93. The number of carbonyl (C=O) groups is 1. The van der Waals surface area contributed by atoms with Crippen molar-refractivity contribution in [2.75, 3.05) is 37.0 Å². The van der Waals surface area contributed by atoms with Crippen LogP contribution in [0, 0.1) is 5.92 Å². The van der Waals surface area contributed by atoms with Crippen molar-refractivity contribution in [2.24, 2.45) is 5.92 Å². The Balaban J connectivity index is 0.000000968. The summed E-state index contributed by atoms with van der Waals surface area (Å²) >= 11 is 0. The number of piperidine rings is 1. The summed E-state index contributed by atoms with van der Waals surface area (Å²) < 4.78 is 44.0. The summed E-state index contributed by atoms with van der Waals surface area (Å²) in [7, 11) is 1.89. The van der Waals surface area contributed by atoms with Gasteiger partial charge in [-0.2, -0.15) is 13.2 Å². The fraction of sp³-hybridized carbons (Fsp3) is 0.417. The number of halogens is 3. The van der Waals surface area contributed by atoms with Crippen LogP contribution in [0.25, 0.3) is 10.9 Å². The first-order chi connectivity index (χ1) is 15.9. The van der Waals surface area contributed by atoms with E-state index in [0.717, 1.165) is 73.2 Å². The van der Waals surface area contributed by atoms with Crippen LogP contribution in [-0.4, -0.2) is 43.0 Å². The molecule has 178 valence electrons. The van der Waals surface area contributed by atoms with E-state index in [9.17, 15) is 13.2 Å². The zero-order chi connectivity index (χ0) is 23.8. The quantitative estimate of drug-likeness (QED) is 0.473. The molecule has 0 amide bonds. The van der Waals surface area contributed by atoms with Crippen molar-refractivity contribution in [3.8, 4) is 5.75 Å². The number of hydrogen-bond donors (Lipinski definition) is 2. The van der Waals surface area contributed by atoms with Gasteiger partial charge in [0, 0.05) is 43.4 Å². The number of aldehydes is 1. The van der Waals surface area contributed by atoms with Gasteiger partial charge in [0.25, 0.3) is 0 Å². The van der Waals surface area contributed by atoms with Gasteiger partial charge in [0.1, 0.15) is 17.9 Å². The standard InChI is InChI=1S/C22H25F3N4O.C2H4O/c1-26-20-14-27-19-4-3-17(12-18(19)20)30-11-8-15-6-9-29(10-7-15)21-5-2-16(13-28-21)22(23,24)25;1-2-3/h2-5,12-15,26-27H,6-11H2,1H3;2H,1H3. The molecule has 0 bridgehead atoms. The number of ether oxygens (including phenoxy) is 1. The average molecular weight is 463 g/mol. The molecule has 0 radical (unpaired) electrons. The molecule has 0 aliphatic carbocycles. The maximum atomic E-state index is 12.7. The van der Waals surface area contributed by atoms with Gasteiger partial charge < -0.3 is 24.7 Å². The Morgan fingerprint density at radius 3 is 2.58 bits per heavy atom. The third-order valence-corrected chi connectivity index (χ3v) is 5.73. The minimum Gasteiger partial charge on any atom is -0.494 e. The Morgan fingerprint density at radius 1 is 1.24 bits per heavy atom. The molecule has 2 aromatic heterocycles. The Labute approximate surface area is 191 Å². The second-order valence-corrected chi connectivity index (χ2v) is 7.87. The van der Waals surface area contributed by atoms with Crippen molar-refractivity contribution in [2.45, 2.75) is 32.4 Å². The molecular formula is C24H29F3N4O2.